The number of rotatable bonds is 5. The average Bonchev–Trinajstić information content (AvgIpc) is 2.61. The minimum Gasteiger partial charge on any atom is -0.361 e. The van der Waals surface area contributed by atoms with Crippen molar-refractivity contribution >= 4 is 0 Å². The van der Waals surface area contributed by atoms with E-state index in [1.165, 1.54) is 5.56 Å². The molecule has 4 heteroatoms. The summed E-state index contributed by atoms with van der Waals surface area (Å²) >= 11 is 0. The van der Waals surface area contributed by atoms with Crippen molar-refractivity contribution in [2.24, 2.45) is 0 Å². The third-order valence-electron chi connectivity index (χ3n) is 3.98. The minimum absolute atomic E-state index is 0.215. The van der Waals surface area contributed by atoms with Gasteiger partial charge in [-0.1, -0.05) is 60.7 Å². The largest absolute Gasteiger partial charge is 0.361 e. The van der Waals surface area contributed by atoms with Crippen LogP contribution >= 0.6 is 0 Å². The first-order chi connectivity index (χ1) is 11.3. The van der Waals surface area contributed by atoms with E-state index in [4.69, 9.17) is 0 Å². The highest BCUT2D eigenvalue weighted by Gasteiger charge is 2.32. The Balaban J connectivity index is 1.84. The molecule has 0 radical (unpaired) electrons. The highest BCUT2D eigenvalue weighted by molar-refractivity contribution is 5.31. The molecule has 2 aromatic rings. The van der Waals surface area contributed by atoms with Crippen LogP contribution in [-0.2, 0) is 6.42 Å². The predicted octanol–water partition coefficient (Wildman–Crippen LogP) is 3.96. The highest BCUT2D eigenvalue weighted by Crippen LogP contribution is 2.32. The number of allylic oxidation sites excluding steroid dienone is 2. The summed E-state index contributed by atoms with van der Waals surface area (Å²) in [5, 5.41) is 11.4. The fraction of sp³-hybridized carbons (Fsp3) is 0.158. The SMILES string of the molecule is O=[N+]([O-])C1=CC=CN(CCc2ccccc2)C1c1ccccc1. The van der Waals surface area contributed by atoms with Gasteiger partial charge in [0.05, 0.1) is 4.92 Å². The second-order valence-corrected chi connectivity index (χ2v) is 5.48. The van der Waals surface area contributed by atoms with Gasteiger partial charge in [-0.05, 0) is 23.6 Å². The third-order valence-corrected chi connectivity index (χ3v) is 3.98. The monoisotopic (exact) mass is 306 g/mol. The van der Waals surface area contributed by atoms with Crippen molar-refractivity contribution in [2.75, 3.05) is 6.54 Å². The first kappa shape index (κ1) is 15.0. The molecule has 0 N–H and O–H groups in total. The molecule has 1 aliphatic rings. The van der Waals surface area contributed by atoms with Crippen molar-refractivity contribution in [1.82, 2.24) is 4.90 Å². The van der Waals surface area contributed by atoms with Crippen LogP contribution in [0.25, 0.3) is 0 Å². The van der Waals surface area contributed by atoms with Crippen LogP contribution in [0.3, 0.4) is 0 Å². The summed E-state index contributed by atoms with van der Waals surface area (Å²) in [4.78, 5) is 13.2. The van der Waals surface area contributed by atoms with Crippen molar-refractivity contribution in [3.05, 3.63) is 106 Å². The summed E-state index contributed by atoms with van der Waals surface area (Å²) in [6.07, 6.45) is 6.13. The van der Waals surface area contributed by atoms with Gasteiger partial charge in [0.25, 0.3) is 5.70 Å². The Morgan fingerprint density at radius 3 is 2.30 bits per heavy atom. The fourth-order valence-corrected chi connectivity index (χ4v) is 2.86. The Bertz CT molecular complexity index is 724. The van der Waals surface area contributed by atoms with Crippen LogP contribution in [0.2, 0.25) is 0 Å². The average molecular weight is 306 g/mol. The lowest BCUT2D eigenvalue weighted by molar-refractivity contribution is -0.433. The topological polar surface area (TPSA) is 46.4 Å². The Kier molecular flexibility index (Phi) is 4.52. The van der Waals surface area contributed by atoms with Gasteiger partial charge < -0.3 is 4.90 Å². The molecule has 1 heterocycles. The molecule has 0 spiro atoms. The first-order valence-corrected chi connectivity index (χ1v) is 7.63. The van der Waals surface area contributed by atoms with Gasteiger partial charge in [0, 0.05) is 18.8 Å². The molecule has 4 nitrogen and oxygen atoms in total. The number of benzene rings is 2. The van der Waals surface area contributed by atoms with Gasteiger partial charge in [0.2, 0.25) is 0 Å². The van der Waals surface area contributed by atoms with Crippen LogP contribution in [0.15, 0.2) is 84.7 Å². The Morgan fingerprint density at radius 1 is 1.00 bits per heavy atom. The number of nitrogens with zero attached hydrogens (tertiary/aromatic N) is 2. The lowest BCUT2D eigenvalue weighted by Crippen LogP contribution is -2.31. The zero-order valence-electron chi connectivity index (χ0n) is 12.7. The van der Waals surface area contributed by atoms with E-state index in [9.17, 15) is 10.1 Å². The molecule has 0 saturated heterocycles. The molecule has 0 bridgehead atoms. The van der Waals surface area contributed by atoms with E-state index in [0.29, 0.717) is 0 Å². The molecule has 0 aliphatic carbocycles. The van der Waals surface area contributed by atoms with Gasteiger partial charge in [-0.25, -0.2) is 0 Å². The lowest BCUT2D eigenvalue weighted by Gasteiger charge is -2.31. The molecule has 0 fully saturated rings. The highest BCUT2D eigenvalue weighted by atomic mass is 16.6. The smallest absolute Gasteiger partial charge is 0.273 e. The summed E-state index contributed by atoms with van der Waals surface area (Å²) in [6.45, 7) is 0.727. The number of nitro groups is 1. The van der Waals surface area contributed by atoms with Crippen molar-refractivity contribution in [3.8, 4) is 0 Å². The third kappa shape index (κ3) is 3.48. The zero-order chi connectivity index (χ0) is 16.1. The van der Waals surface area contributed by atoms with Gasteiger partial charge >= 0.3 is 0 Å². The van der Waals surface area contributed by atoms with E-state index >= 15 is 0 Å². The molecule has 3 rings (SSSR count). The normalized spacial score (nSPS) is 17.0. The van der Waals surface area contributed by atoms with Crippen LogP contribution in [-0.4, -0.2) is 16.4 Å². The molecule has 23 heavy (non-hydrogen) atoms. The van der Waals surface area contributed by atoms with Crippen molar-refractivity contribution in [2.45, 2.75) is 12.5 Å². The Morgan fingerprint density at radius 2 is 1.65 bits per heavy atom. The van der Waals surface area contributed by atoms with Gasteiger partial charge in [0.1, 0.15) is 6.04 Å². The van der Waals surface area contributed by atoms with Gasteiger partial charge in [-0.15, -0.1) is 0 Å². The standard InChI is InChI=1S/C19H18N2O2/c22-21(23)18-12-7-14-20(15-13-16-8-3-1-4-9-16)19(18)17-10-5-2-6-11-17/h1-12,14,19H,13,15H2. The van der Waals surface area contributed by atoms with E-state index < -0.39 is 0 Å². The van der Waals surface area contributed by atoms with Crippen molar-refractivity contribution in [1.29, 1.82) is 0 Å². The maximum Gasteiger partial charge on any atom is 0.273 e. The quantitative estimate of drug-likeness (QED) is 0.620. The second-order valence-electron chi connectivity index (χ2n) is 5.48. The fourth-order valence-electron chi connectivity index (χ4n) is 2.86. The zero-order valence-corrected chi connectivity index (χ0v) is 12.7. The van der Waals surface area contributed by atoms with Crippen LogP contribution in [0.4, 0.5) is 0 Å². The number of hydrogen-bond donors (Lipinski definition) is 0. The van der Waals surface area contributed by atoms with E-state index in [2.05, 4.69) is 12.1 Å². The number of hydrogen-bond acceptors (Lipinski definition) is 3. The molecule has 0 aromatic heterocycles. The maximum absolute atomic E-state index is 11.4. The summed E-state index contributed by atoms with van der Waals surface area (Å²) in [5.74, 6) is 0. The maximum atomic E-state index is 11.4. The molecular formula is C19H18N2O2. The van der Waals surface area contributed by atoms with Gasteiger partial charge in [-0.3, -0.25) is 10.1 Å². The Hall–Kier alpha value is -2.88. The molecule has 1 atom stereocenters. The molecule has 1 aliphatic heterocycles. The predicted molar refractivity (Wildman–Crippen MR) is 90.3 cm³/mol. The summed E-state index contributed by atoms with van der Waals surface area (Å²) in [6, 6.07) is 19.5. The van der Waals surface area contributed by atoms with Gasteiger partial charge in [0.15, 0.2) is 0 Å². The van der Waals surface area contributed by atoms with Crippen LogP contribution in [0.5, 0.6) is 0 Å². The van der Waals surface area contributed by atoms with Crippen LogP contribution in [0.1, 0.15) is 17.2 Å². The molecule has 0 saturated carbocycles. The first-order valence-electron chi connectivity index (χ1n) is 7.63. The summed E-state index contributed by atoms with van der Waals surface area (Å²) in [7, 11) is 0. The van der Waals surface area contributed by atoms with E-state index in [1.807, 2.05) is 59.6 Å². The second kappa shape index (κ2) is 6.92. The summed E-state index contributed by atoms with van der Waals surface area (Å²) < 4.78 is 0. The molecular weight excluding hydrogens is 288 g/mol. The van der Waals surface area contributed by atoms with Crippen LogP contribution in [0, 0.1) is 10.1 Å². The Labute approximate surface area is 135 Å². The molecule has 1 unspecified atom stereocenters. The van der Waals surface area contributed by atoms with E-state index in [0.717, 1.165) is 18.5 Å². The van der Waals surface area contributed by atoms with Crippen LogP contribution < -0.4 is 0 Å². The van der Waals surface area contributed by atoms with Crippen molar-refractivity contribution < 1.29 is 4.92 Å². The lowest BCUT2D eigenvalue weighted by atomic mass is 9.99. The van der Waals surface area contributed by atoms with Gasteiger partial charge in [-0.2, -0.15) is 0 Å². The molecule has 2 aromatic carbocycles. The van der Waals surface area contributed by atoms with E-state index in [1.54, 1.807) is 12.2 Å². The summed E-state index contributed by atoms with van der Waals surface area (Å²) in [5.41, 5.74) is 2.38. The minimum atomic E-state index is -0.347. The van der Waals surface area contributed by atoms with E-state index in [-0.39, 0.29) is 16.7 Å². The molecule has 0 amide bonds. The molecule has 116 valence electrons. The van der Waals surface area contributed by atoms with Crippen molar-refractivity contribution in [3.63, 3.8) is 0 Å².